The Labute approximate surface area is 118 Å². The molecule has 0 radical (unpaired) electrons. The second-order valence-electron chi connectivity index (χ2n) is 4.83. The van der Waals surface area contributed by atoms with Gasteiger partial charge in [-0.1, -0.05) is 44.0 Å². The van der Waals surface area contributed by atoms with Gasteiger partial charge in [0.15, 0.2) is 0 Å². The Bertz CT molecular complexity index is 375. The first-order valence-corrected chi connectivity index (χ1v) is 7.24. The second-order valence-corrected chi connectivity index (χ2v) is 4.83. The van der Waals surface area contributed by atoms with Gasteiger partial charge in [0.2, 0.25) is 0 Å². The van der Waals surface area contributed by atoms with Crippen LogP contribution < -0.4 is 5.32 Å². The lowest BCUT2D eigenvalue weighted by Crippen LogP contribution is -2.24. The number of terminal acetylenes is 1. The highest BCUT2D eigenvalue weighted by Gasteiger charge is 2.03. The monoisotopic (exact) mass is 258 g/mol. The van der Waals surface area contributed by atoms with Crippen molar-refractivity contribution >= 4 is 0 Å². The van der Waals surface area contributed by atoms with E-state index in [1.807, 2.05) is 0 Å². The molecule has 0 heterocycles. The normalized spacial score (nSPS) is 10.6. The quantitative estimate of drug-likeness (QED) is 0.541. The predicted molar refractivity (Wildman–Crippen MR) is 83.1 cm³/mol. The molecule has 19 heavy (non-hydrogen) atoms. The van der Waals surface area contributed by atoms with Crippen molar-refractivity contribution in [1.82, 2.24) is 10.2 Å². The Morgan fingerprint density at radius 2 is 1.84 bits per heavy atom. The zero-order valence-electron chi connectivity index (χ0n) is 12.3. The highest BCUT2D eigenvalue weighted by Crippen LogP contribution is 2.08. The molecule has 0 aliphatic carbocycles. The molecule has 0 saturated carbocycles. The Morgan fingerprint density at radius 3 is 2.42 bits per heavy atom. The van der Waals surface area contributed by atoms with Crippen molar-refractivity contribution in [2.24, 2.45) is 0 Å². The van der Waals surface area contributed by atoms with Crippen molar-refractivity contribution < 1.29 is 0 Å². The summed E-state index contributed by atoms with van der Waals surface area (Å²) in [7, 11) is 0. The number of benzene rings is 1. The second kappa shape index (κ2) is 9.61. The molecule has 0 unspecified atom stereocenters. The summed E-state index contributed by atoms with van der Waals surface area (Å²) in [5, 5.41) is 3.35. The third-order valence-corrected chi connectivity index (χ3v) is 3.12. The lowest BCUT2D eigenvalue weighted by atomic mass is 10.1. The van der Waals surface area contributed by atoms with Crippen molar-refractivity contribution in [2.45, 2.75) is 33.2 Å². The topological polar surface area (TPSA) is 15.3 Å². The van der Waals surface area contributed by atoms with Gasteiger partial charge >= 0.3 is 0 Å². The minimum Gasteiger partial charge on any atom is -0.317 e. The van der Waals surface area contributed by atoms with E-state index in [2.05, 4.69) is 54.3 Å². The molecular weight excluding hydrogens is 232 g/mol. The van der Waals surface area contributed by atoms with Crippen LogP contribution in [0.3, 0.4) is 0 Å². The zero-order chi connectivity index (χ0) is 13.9. The minimum absolute atomic E-state index is 0.732. The molecule has 0 aliphatic heterocycles. The summed E-state index contributed by atoms with van der Waals surface area (Å²) in [6.07, 6.45) is 7.64. The zero-order valence-corrected chi connectivity index (χ0v) is 12.3. The van der Waals surface area contributed by atoms with Gasteiger partial charge in [0.25, 0.3) is 0 Å². The van der Waals surface area contributed by atoms with Gasteiger partial charge in [0.05, 0.1) is 6.54 Å². The third kappa shape index (κ3) is 6.42. The summed E-state index contributed by atoms with van der Waals surface area (Å²) in [5.41, 5.74) is 2.74. The Hall–Kier alpha value is -1.30. The summed E-state index contributed by atoms with van der Waals surface area (Å²) >= 11 is 0. The van der Waals surface area contributed by atoms with Crippen LogP contribution in [0.1, 0.15) is 31.4 Å². The van der Waals surface area contributed by atoms with Crippen LogP contribution in [0.4, 0.5) is 0 Å². The standard InChI is InChI=1S/C17H26N2/c1-4-13-19(14-5-2)15-17-9-7-16(8-10-17)11-12-18-6-3/h1,7-10,18H,5-6,11-15H2,2-3H3. The van der Waals surface area contributed by atoms with E-state index in [0.717, 1.165) is 45.6 Å². The van der Waals surface area contributed by atoms with Crippen molar-refractivity contribution in [2.75, 3.05) is 26.2 Å². The van der Waals surface area contributed by atoms with E-state index in [1.54, 1.807) is 0 Å². The lowest BCUT2D eigenvalue weighted by Gasteiger charge is -2.19. The largest absolute Gasteiger partial charge is 0.317 e. The number of hydrogen-bond donors (Lipinski definition) is 1. The van der Waals surface area contributed by atoms with E-state index >= 15 is 0 Å². The minimum atomic E-state index is 0.732. The van der Waals surface area contributed by atoms with E-state index in [1.165, 1.54) is 11.1 Å². The summed E-state index contributed by atoms with van der Waals surface area (Å²) in [4.78, 5) is 2.31. The van der Waals surface area contributed by atoms with Gasteiger partial charge in [-0.3, -0.25) is 4.90 Å². The molecule has 0 bridgehead atoms. The van der Waals surface area contributed by atoms with Gasteiger partial charge in [-0.25, -0.2) is 0 Å². The fourth-order valence-corrected chi connectivity index (χ4v) is 2.14. The molecule has 2 nitrogen and oxygen atoms in total. The van der Waals surface area contributed by atoms with Crippen molar-refractivity contribution in [1.29, 1.82) is 0 Å². The van der Waals surface area contributed by atoms with Crippen LogP contribution in [0.25, 0.3) is 0 Å². The first-order valence-electron chi connectivity index (χ1n) is 7.24. The highest BCUT2D eigenvalue weighted by molar-refractivity contribution is 5.22. The molecule has 0 saturated heterocycles. The maximum atomic E-state index is 5.41. The molecule has 2 heteroatoms. The summed E-state index contributed by atoms with van der Waals surface area (Å²) in [6, 6.07) is 8.90. The predicted octanol–water partition coefficient (Wildman–Crippen LogP) is 2.68. The highest BCUT2D eigenvalue weighted by atomic mass is 15.1. The number of likely N-dealkylation sites (N-methyl/N-ethyl adjacent to an activating group) is 1. The van der Waals surface area contributed by atoms with Crippen LogP contribution in [0.2, 0.25) is 0 Å². The number of nitrogens with zero attached hydrogens (tertiary/aromatic N) is 1. The molecule has 0 amide bonds. The molecule has 0 aliphatic rings. The van der Waals surface area contributed by atoms with Gasteiger partial charge in [-0.2, -0.15) is 0 Å². The maximum Gasteiger partial charge on any atom is 0.0601 e. The molecule has 1 rings (SSSR count). The van der Waals surface area contributed by atoms with Crippen molar-refractivity contribution in [3.63, 3.8) is 0 Å². The molecule has 104 valence electrons. The van der Waals surface area contributed by atoms with Gasteiger partial charge in [-0.05, 0) is 43.6 Å². The van der Waals surface area contributed by atoms with E-state index in [9.17, 15) is 0 Å². The summed E-state index contributed by atoms with van der Waals surface area (Å²) < 4.78 is 0. The van der Waals surface area contributed by atoms with E-state index in [0.29, 0.717) is 0 Å². The van der Waals surface area contributed by atoms with Gasteiger partial charge in [0.1, 0.15) is 0 Å². The van der Waals surface area contributed by atoms with Gasteiger partial charge in [0, 0.05) is 6.54 Å². The number of rotatable bonds is 9. The summed E-state index contributed by atoms with van der Waals surface area (Å²) in [5.74, 6) is 2.74. The van der Waals surface area contributed by atoms with E-state index < -0.39 is 0 Å². The van der Waals surface area contributed by atoms with Crippen LogP contribution in [0.5, 0.6) is 0 Å². The van der Waals surface area contributed by atoms with Gasteiger partial charge in [-0.15, -0.1) is 6.42 Å². The fraction of sp³-hybridized carbons (Fsp3) is 0.529. The molecule has 0 spiro atoms. The Morgan fingerprint density at radius 1 is 1.16 bits per heavy atom. The van der Waals surface area contributed by atoms with E-state index in [-0.39, 0.29) is 0 Å². The van der Waals surface area contributed by atoms with Crippen LogP contribution in [-0.4, -0.2) is 31.1 Å². The molecule has 0 aromatic heterocycles. The molecule has 1 N–H and O–H groups in total. The lowest BCUT2D eigenvalue weighted by molar-refractivity contribution is 0.299. The smallest absolute Gasteiger partial charge is 0.0601 e. The first kappa shape index (κ1) is 15.8. The summed E-state index contributed by atoms with van der Waals surface area (Å²) in [6.45, 7) is 9.16. The number of hydrogen-bond acceptors (Lipinski definition) is 2. The molecular formula is C17H26N2. The first-order chi connectivity index (χ1) is 9.30. The Kier molecular flexibility index (Phi) is 7.97. The molecule has 0 fully saturated rings. The SMILES string of the molecule is C#CCN(CCC)Cc1ccc(CCNCC)cc1. The van der Waals surface area contributed by atoms with E-state index in [4.69, 9.17) is 6.42 Å². The van der Waals surface area contributed by atoms with Crippen LogP contribution in [0.15, 0.2) is 24.3 Å². The van der Waals surface area contributed by atoms with Crippen molar-refractivity contribution in [3.8, 4) is 12.3 Å². The van der Waals surface area contributed by atoms with Gasteiger partial charge < -0.3 is 5.32 Å². The van der Waals surface area contributed by atoms with Crippen LogP contribution in [0, 0.1) is 12.3 Å². The molecule has 0 atom stereocenters. The average Bonchev–Trinajstić information content (AvgIpc) is 2.42. The average molecular weight is 258 g/mol. The van der Waals surface area contributed by atoms with Crippen LogP contribution in [-0.2, 0) is 13.0 Å². The third-order valence-electron chi connectivity index (χ3n) is 3.12. The van der Waals surface area contributed by atoms with Crippen LogP contribution >= 0.6 is 0 Å². The Balaban J connectivity index is 2.48. The number of nitrogens with one attached hydrogen (secondary N) is 1. The fourth-order valence-electron chi connectivity index (χ4n) is 2.14. The maximum absolute atomic E-state index is 5.41. The molecule has 1 aromatic rings. The molecule has 1 aromatic carbocycles. The van der Waals surface area contributed by atoms with Crippen molar-refractivity contribution in [3.05, 3.63) is 35.4 Å².